The van der Waals surface area contributed by atoms with E-state index in [1.165, 1.54) is 29.5 Å². The van der Waals surface area contributed by atoms with Crippen molar-refractivity contribution >= 4 is 16.8 Å². The van der Waals surface area contributed by atoms with Crippen LogP contribution in [-0.4, -0.2) is 41.0 Å². The standard InChI is InChI=1S/C21H29N3O/c1-14(2)22-15-10-12-24(13-11-15)21(25)18-8-5-7-17-16-6-3-4-9-19(16)23-20(17)18/h5,7-8,14-15,22-23H,3-4,6,9-13H2,1-2H3. The summed E-state index contributed by atoms with van der Waals surface area (Å²) in [7, 11) is 0. The zero-order valence-electron chi connectivity index (χ0n) is 15.4. The summed E-state index contributed by atoms with van der Waals surface area (Å²) in [5.41, 5.74) is 4.70. The molecule has 1 saturated heterocycles. The van der Waals surface area contributed by atoms with Crippen LogP contribution in [0.4, 0.5) is 0 Å². The number of amides is 1. The number of aromatic amines is 1. The number of nitrogens with one attached hydrogen (secondary N) is 2. The fourth-order valence-electron chi connectivity index (χ4n) is 4.50. The van der Waals surface area contributed by atoms with Gasteiger partial charge in [0.2, 0.25) is 0 Å². The molecule has 1 amide bonds. The van der Waals surface area contributed by atoms with Crippen LogP contribution in [-0.2, 0) is 12.8 Å². The lowest BCUT2D eigenvalue weighted by molar-refractivity contribution is 0.0705. The van der Waals surface area contributed by atoms with Crippen LogP contribution in [0.3, 0.4) is 0 Å². The number of nitrogens with zero attached hydrogens (tertiary/aromatic N) is 1. The lowest BCUT2D eigenvalue weighted by Gasteiger charge is -2.33. The second-order valence-electron chi connectivity index (χ2n) is 7.91. The minimum Gasteiger partial charge on any atom is -0.358 e. The van der Waals surface area contributed by atoms with Crippen LogP contribution >= 0.6 is 0 Å². The highest BCUT2D eigenvalue weighted by molar-refractivity contribution is 6.06. The van der Waals surface area contributed by atoms with Crippen molar-refractivity contribution in [1.29, 1.82) is 0 Å². The van der Waals surface area contributed by atoms with Crippen LogP contribution in [0.2, 0.25) is 0 Å². The number of piperidine rings is 1. The molecule has 2 aromatic rings. The third kappa shape index (κ3) is 3.20. The molecule has 134 valence electrons. The van der Waals surface area contributed by atoms with Crippen molar-refractivity contribution < 1.29 is 4.79 Å². The van der Waals surface area contributed by atoms with Gasteiger partial charge in [-0.15, -0.1) is 0 Å². The van der Waals surface area contributed by atoms with Gasteiger partial charge in [0.25, 0.3) is 5.91 Å². The van der Waals surface area contributed by atoms with E-state index in [-0.39, 0.29) is 5.91 Å². The molecule has 25 heavy (non-hydrogen) atoms. The number of aromatic nitrogens is 1. The summed E-state index contributed by atoms with van der Waals surface area (Å²) in [6.07, 6.45) is 6.85. The normalized spacial score (nSPS) is 18.8. The molecule has 1 aromatic heterocycles. The van der Waals surface area contributed by atoms with Crippen molar-refractivity contribution in [2.75, 3.05) is 13.1 Å². The number of hydrogen-bond donors (Lipinski definition) is 2. The Labute approximate surface area is 150 Å². The largest absolute Gasteiger partial charge is 0.358 e. The van der Waals surface area contributed by atoms with Crippen LogP contribution in [0, 0.1) is 0 Å². The molecule has 0 saturated carbocycles. The molecule has 1 aliphatic carbocycles. The monoisotopic (exact) mass is 339 g/mol. The summed E-state index contributed by atoms with van der Waals surface area (Å²) < 4.78 is 0. The van der Waals surface area contributed by atoms with E-state index >= 15 is 0 Å². The first-order valence-corrected chi connectivity index (χ1v) is 9.81. The molecular formula is C21H29N3O. The maximum atomic E-state index is 13.1. The molecule has 1 aliphatic heterocycles. The summed E-state index contributed by atoms with van der Waals surface area (Å²) in [5, 5.41) is 4.86. The average molecular weight is 339 g/mol. The summed E-state index contributed by atoms with van der Waals surface area (Å²) in [6.45, 7) is 6.07. The van der Waals surface area contributed by atoms with E-state index in [2.05, 4.69) is 30.2 Å². The Bertz CT molecular complexity index is 769. The summed E-state index contributed by atoms with van der Waals surface area (Å²) >= 11 is 0. The summed E-state index contributed by atoms with van der Waals surface area (Å²) in [6, 6.07) is 7.26. The molecule has 0 bridgehead atoms. The molecule has 2 N–H and O–H groups in total. The highest BCUT2D eigenvalue weighted by Gasteiger charge is 2.26. The number of fused-ring (bicyclic) bond motifs is 3. The number of likely N-dealkylation sites (tertiary alicyclic amines) is 1. The van der Waals surface area contributed by atoms with Crippen molar-refractivity contribution in [3.05, 3.63) is 35.0 Å². The Hall–Kier alpha value is -1.81. The van der Waals surface area contributed by atoms with Gasteiger partial charge < -0.3 is 15.2 Å². The predicted octanol–water partition coefficient (Wildman–Crippen LogP) is 3.65. The minimum atomic E-state index is 0.187. The highest BCUT2D eigenvalue weighted by Crippen LogP contribution is 2.31. The zero-order chi connectivity index (χ0) is 17.4. The molecular weight excluding hydrogens is 310 g/mol. The van der Waals surface area contributed by atoms with E-state index in [4.69, 9.17) is 0 Å². The molecule has 0 radical (unpaired) electrons. The fraction of sp³-hybridized carbons (Fsp3) is 0.571. The predicted molar refractivity (Wildman–Crippen MR) is 102 cm³/mol. The van der Waals surface area contributed by atoms with E-state index in [1.807, 2.05) is 17.0 Å². The number of H-pyrrole nitrogens is 1. The van der Waals surface area contributed by atoms with Crippen LogP contribution in [0.1, 0.15) is 61.1 Å². The molecule has 0 atom stereocenters. The highest BCUT2D eigenvalue weighted by atomic mass is 16.2. The Morgan fingerprint density at radius 3 is 2.72 bits per heavy atom. The lowest BCUT2D eigenvalue weighted by Crippen LogP contribution is -2.46. The first kappa shape index (κ1) is 16.6. The number of para-hydroxylation sites is 1. The molecule has 1 fully saturated rings. The number of rotatable bonds is 3. The first-order valence-electron chi connectivity index (χ1n) is 9.81. The lowest BCUT2D eigenvalue weighted by atomic mass is 9.95. The molecule has 4 heteroatoms. The minimum absolute atomic E-state index is 0.187. The van der Waals surface area contributed by atoms with E-state index in [0.29, 0.717) is 12.1 Å². The Morgan fingerprint density at radius 2 is 1.96 bits per heavy atom. The van der Waals surface area contributed by atoms with E-state index in [1.54, 1.807) is 0 Å². The van der Waals surface area contributed by atoms with Crippen molar-refractivity contribution in [2.45, 2.75) is 64.5 Å². The van der Waals surface area contributed by atoms with Gasteiger partial charge in [-0.25, -0.2) is 0 Å². The van der Waals surface area contributed by atoms with Crippen molar-refractivity contribution in [2.24, 2.45) is 0 Å². The van der Waals surface area contributed by atoms with E-state index < -0.39 is 0 Å². The van der Waals surface area contributed by atoms with Crippen molar-refractivity contribution in [1.82, 2.24) is 15.2 Å². The van der Waals surface area contributed by atoms with Gasteiger partial charge in [0.15, 0.2) is 0 Å². The quantitative estimate of drug-likeness (QED) is 0.897. The van der Waals surface area contributed by atoms with Crippen LogP contribution in [0.15, 0.2) is 18.2 Å². The van der Waals surface area contributed by atoms with Gasteiger partial charge in [0.1, 0.15) is 0 Å². The van der Waals surface area contributed by atoms with E-state index in [0.717, 1.165) is 49.9 Å². The van der Waals surface area contributed by atoms with Gasteiger partial charge in [-0.1, -0.05) is 26.0 Å². The second kappa shape index (κ2) is 6.83. The van der Waals surface area contributed by atoms with Crippen molar-refractivity contribution in [3.63, 3.8) is 0 Å². The Morgan fingerprint density at radius 1 is 1.20 bits per heavy atom. The number of benzene rings is 1. The first-order chi connectivity index (χ1) is 12.1. The summed E-state index contributed by atoms with van der Waals surface area (Å²) in [5.74, 6) is 0.187. The number of carbonyl (C=O) groups excluding carboxylic acids is 1. The Kier molecular flexibility index (Phi) is 4.55. The number of hydrogen-bond acceptors (Lipinski definition) is 2. The molecule has 0 spiro atoms. The van der Waals surface area contributed by atoms with Gasteiger partial charge in [0.05, 0.1) is 11.1 Å². The van der Waals surface area contributed by atoms with Crippen LogP contribution in [0.5, 0.6) is 0 Å². The van der Waals surface area contributed by atoms with Gasteiger partial charge in [-0.2, -0.15) is 0 Å². The smallest absolute Gasteiger partial charge is 0.255 e. The van der Waals surface area contributed by atoms with Crippen molar-refractivity contribution in [3.8, 4) is 0 Å². The van der Waals surface area contributed by atoms with Crippen LogP contribution in [0.25, 0.3) is 10.9 Å². The maximum absolute atomic E-state index is 13.1. The zero-order valence-corrected chi connectivity index (χ0v) is 15.4. The number of aryl methyl sites for hydroxylation is 2. The van der Waals surface area contributed by atoms with E-state index in [9.17, 15) is 4.79 Å². The molecule has 2 heterocycles. The van der Waals surface area contributed by atoms with Gasteiger partial charge >= 0.3 is 0 Å². The third-order valence-corrected chi connectivity index (χ3v) is 5.71. The molecule has 4 nitrogen and oxygen atoms in total. The fourth-order valence-corrected chi connectivity index (χ4v) is 4.50. The SMILES string of the molecule is CC(C)NC1CCN(C(=O)c2cccc3c4c([nH]c23)CCCC4)CC1. The number of carbonyl (C=O) groups is 1. The maximum Gasteiger partial charge on any atom is 0.255 e. The van der Waals surface area contributed by atoms with Crippen LogP contribution < -0.4 is 5.32 Å². The molecule has 2 aliphatic rings. The second-order valence-corrected chi connectivity index (χ2v) is 7.91. The van der Waals surface area contributed by atoms with Gasteiger partial charge in [-0.3, -0.25) is 4.79 Å². The third-order valence-electron chi connectivity index (χ3n) is 5.71. The molecule has 4 rings (SSSR count). The topological polar surface area (TPSA) is 48.1 Å². The molecule has 0 unspecified atom stereocenters. The average Bonchev–Trinajstić information content (AvgIpc) is 3.00. The van der Waals surface area contributed by atoms with Gasteiger partial charge in [-0.05, 0) is 50.2 Å². The molecule has 1 aromatic carbocycles. The Balaban J connectivity index is 1.56. The van der Waals surface area contributed by atoms with Gasteiger partial charge in [0, 0.05) is 36.3 Å². The summed E-state index contributed by atoms with van der Waals surface area (Å²) in [4.78, 5) is 18.8.